The van der Waals surface area contributed by atoms with Crippen molar-refractivity contribution in [2.24, 2.45) is 0 Å². The lowest BCUT2D eigenvalue weighted by Gasteiger charge is -2.31. The number of aliphatic carboxylic acids is 1. The normalized spacial score (nSPS) is 25.2. The summed E-state index contributed by atoms with van der Waals surface area (Å²) in [4.78, 5) is 8.90. The van der Waals surface area contributed by atoms with Crippen molar-refractivity contribution in [3.8, 4) is 0 Å². The largest absolute Gasteiger partial charge is 0.490 e. The van der Waals surface area contributed by atoms with Crippen LogP contribution in [0.5, 0.6) is 0 Å². The van der Waals surface area contributed by atoms with Gasteiger partial charge in [-0.2, -0.15) is 13.2 Å². The molecule has 6 heteroatoms. The second-order valence-electron chi connectivity index (χ2n) is 3.81. The molecule has 0 amide bonds. The van der Waals surface area contributed by atoms with Crippen LogP contribution in [0.15, 0.2) is 12.7 Å². The average Bonchev–Trinajstić information content (AvgIpc) is 2.18. The maximum Gasteiger partial charge on any atom is 0.490 e. The molecule has 1 heterocycles. The number of hydrogen-bond acceptors (Lipinski definition) is 2. The van der Waals surface area contributed by atoms with Crippen molar-refractivity contribution < 1.29 is 23.1 Å². The van der Waals surface area contributed by atoms with E-state index in [2.05, 4.69) is 18.8 Å². The van der Waals surface area contributed by atoms with Crippen LogP contribution in [-0.2, 0) is 4.79 Å². The van der Waals surface area contributed by atoms with Crippen LogP contribution >= 0.6 is 0 Å². The fourth-order valence-electron chi connectivity index (χ4n) is 1.25. The van der Waals surface area contributed by atoms with E-state index >= 15 is 0 Å². The lowest BCUT2D eigenvalue weighted by Crippen LogP contribution is -2.43. The van der Waals surface area contributed by atoms with Crippen LogP contribution in [-0.4, -0.2) is 29.3 Å². The van der Waals surface area contributed by atoms with Gasteiger partial charge in [-0.1, -0.05) is 12.5 Å². The summed E-state index contributed by atoms with van der Waals surface area (Å²) in [6, 6.07) is 0. The number of alkyl halides is 3. The van der Waals surface area contributed by atoms with Crippen LogP contribution < -0.4 is 5.32 Å². The molecule has 0 aromatic carbocycles. The quantitative estimate of drug-likeness (QED) is 0.690. The minimum Gasteiger partial charge on any atom is -0.475 e. The van der Waals surface area contributed by atoms with E-state index in [0.717, 1.165) is 6.54 Å². The van der Waals surface area contributed by atoms with Gasteiger partial charge in [-0.25, -0.2) is 4.79 Å². The van der Waals surface area contributed by atoms with Crippen molar-refractivity contribution in [3.63, 3.8) is 0 Å². The summed E-state index contributed by atoms with van der Waals surface area (Å²) in [5.41, 5.74) is 0.234. The predicted molar refractivity (Wildman–Crippen MR) is 54.1 cm³/mol. The van der Waals surface area contributed by atoms with Gasteiger partial charge in [0.15, 0.2) is 0 Å². The molecule has 1 rings (SSSR count). The Hall–Kier alpha value is -1.04. The second kappa shape index (κ2) is 5.89. The first-order valence-electron chi connectivity index (χ1n) is 4.90. The molecule has 0 aromatic heterocycles. The van der Waals surface area contributed by atoms with Gasteiger partial charge in [-0.15, -0.1) is 6.58 Å². The monoisotopic (exact) mass is 239 g/mol. The summed E-state index contributed by atoms with van der Waals surface area (Å²) < 4.78 is 31.7. The minimum atomic E-state index is -5.08. The molecule has 1 unspecified atom stereocenters. The topological polar surface area (TPSA) is 49.3 Å². The first-order valence-corrected chi connectivity index (χ1v) is 4.90. The SMILES string of the molecule is C=CC1(C)CCCCN1.O=C(O)C(F)(F)F. The van der Waals surface area contributed by atoms with Crippen LogP contribution in [0, 0.1) is 0 Å². The van der Waals surface area contributed by atoms with Gasteiger partial charge in [0, 0.05) is 5.54 Å². The molecule has 2 N–H and O–H groups in total. The number of carboxylic acid groups (broad SMARTS) is 1. The molecule has 94 valence electrons. The zero-order valence-corrected chi connectivity index (χ0v) is 9.10. The molecule has 0 bridgehead atoms. The number of rotatable bonds is 1. The average molecular weight is 239 g/mol. The van der Waals surface area contributed by atoms with Gasteiger partial charge < -0.3 is 10.4 Å². The number of hydrogen-bond donors (Lipinski definition) is 2. The Bertz CT molecular complexity index is 245. The third-order valence-electron chi connectivity index (χ3n) is 2.34. The van der Waals surface area contributed by atoms with Gasteiger partial charge in [0.2, 0.25) is 0 Å². The number of carbonyl (C=O) groups is 1. The molecular weight excluding hydrogens is 223 g/mol. The van der Waals surface area contributed by atoms with Crippen molar-refractivity contribution in [1.82, 2.24) is 5.32 Å². The molecule has 0 saturated carbocycles. The summed E-state index contributed by atoms with van der Waals surface area (Å²) in [7, 11) is 0. The molecule has 1 atom stereocenters. The van der Waals surface area contributed by atoms with Gasteiger partial charge >= 0.3 is 12.1 Å². The van der Waals surface area contributed by atoms with Crippen LogP contribution in [0.1, 0.15) is 26.2 Å². The van der Waals surface area contributed by atoms with Gasteiger partial charge in [0.1, 0.15) is 0 Å². The molecule has 16 heavy (non-hydrogen) atoms. The van der Waals surface area contributed by atoms with Crippen LogP contribution in [0.4, 0.5) is 13.2 Å². The van der Waals surface area contributed by atoms with Gasteiger partial charge in [-0.05, 0) is 26.3 Å². The smallest absolute Gasteiger partial charge is 0.475 e. The van der Waals surface area contributed by atoms with Crippen molar-refractivity contribution in [3.05, 3.63) is 12.7 Å². The molecule has 0 radical (unpaired) electrons. The van der Waals surface area contributed by atoms with Crippen molar-refractivity contribution in [2.45, 2.75) is 37.9 Å². The third kappa shape index (κ3) is 5.75. The Kier molecular flexibility index (Phi) is 5.50. The highest BCUT2D eigenvalue weighted by molar-refractivity contribution is 5.73. The van der Waals surface area contributed by atoms with Gasteiger partial charge in [0.05, 0.1) is 0 Å². The lowest BCUT2D eigenvalue weighted by atomic mass is 9.91. The summed E-state index contributed by atoms with van der Waals surface area (Å²) in [6.07, 6.45) is 0.849. The predicted octanol–water partition coefficient (Wildman–Crippen LogP) is 2.34. The van der Waals surface area contributed by atoms with Crippen molar-refractivity contribution in [1.29, 1.82) is 0 Å². The van der Waals surface area contributed by atoms with E-state index in [1.54, 1.807) is 0 Å². The van der Waals surface area contributed by atoms with Crippen LogP contribution in [0.3, 0.4) is 0 Å². The van der Waals surface area contributed by atoms with Crippen molar-refractivity contribution in [2.75, 3.05) is 6.54 Å². The first-order chi connectivity index (χ1) is 7.21. The van der Waals surface area contributed by atoms with Gasteiger partial charge in [0.25, 0.3) is 0 Å². The molecule has 3 nitrogen and oxygen atoms in total. The zero-order valence-electron chi connectivity index (χ0n) is 9.10. The first kappa shape index (κ1) is 15.0. The van der Waals surface area contributed by atoms with Crippen molar-refractivity contribution >= 4 is 5.97 Å². The maximum absolute atomic E-state index is 10.6. The fourth-order valence-corrected chi connectivity index (χ4v) is 1.25. The van der Waals surface area contributed by atoms with E-state index in [0.29, 0.717) is 0 Å². The Morgan fingerprint density at radius 2 is 2.00 bits per heavy atom. The van der Waals surface area contributed by atoms with E-state index < -0.39 is 12.1 Å². The number of halogens is 3. The molecule has 1 aliphatic heterocycles. The van der Waals surface area contributed by atoms with E-state index in [1.165, 1.54) is 19.3 Å². The molecule has 1 saturated heterocycles. The molecule has 0 spiro atoms. The summed E-state index contributed by atoms with van der Waals surface area (Å²) in [5, 5.41) is 10.6. The Morgan fingerprint density at radius 1 is 1.50 bits per heavy atom. The minimum absolute atomic E-state index is 0.234. The standard InChI is InChI=1S/C8H15N.C2HF3O2/c1-3-8(2)6-4-5-7-9-8;3-2(4,5)1(6)7/h3,9H,1,4-7H2,2H3;(H,6,7). The van der Waals surface area contributed by atoms with E-state index in [9.17, 15) is 13.2 Å². The number of carboxylic acids is 1. The zero-order chi connectivity index (χ0) is 12.8. The van der Waals surface area contributed by atoms with Crippen LogP contribution in [0.2, 0.25) is 0 Å². The Labute approximate surface area is 92.3 Å². The van der Waals surface area contributed by atoms with E-state index in [1.807, 2.05) is 6.08 Å². The molecular formula is C10H16F3NO2. The summed E-state index contributed by atoms with van der Waals surface area (Å²) in [5.74, 6) is -2.76. The molecule has 1 aliphatic rings. The highest BCUT2D eigenvalue weighted by Gasteiger charge is 2.38. The summed E-state index contributed by atoms with van der Waals surface area (Å²) in [6.45, 7) is 7.16. The number of piperidine rings is 1. The number of nitrogens with one attached hydrogen (secondary N) is 1. The maximum atomic E-state index is 10.6. The lowest BCUT2D eigenvalue weighted by molar-refractivity contribution is -0.192. The fraction of sp³-hybridized carbons (Fsp3) is 0.700. The molecule has 0 aliphatic carbocycles. The Balaban J connectivity index is 0.000000293. The van der Waals surface area contributed by atoms with E-state index in [-0.39, 0.29) is 5.54 Å². The summed E-state index contributed by atoms with van der Waals surface area (Å²) >= 11 is 0. The molecule has 1 fully saturated rings. The van der Waals surface area contributed by atoms with E-state index in [4.69, 9.17) is 9.90 Å². The highest BCUT2D eigenvalue weighted by atomic mass is 19.4. The Morgan fingerprint density at radius 3 is 2.19 bits per heavy atom. The highest BCUT2D eigenvalue weighted by Crippen LogP contribution is 2.18. The van der Waals surface area contributed by atoms with Crippen LogP contribution in [0.25, 0.3) is 0 Å². The second-order valence-corrected chi connectivity index (χ2v) is 3.81. The molecule has 0 aromatic rings. The van der Waals surface area contributed by atoms with Gasteiger partial charge in [-0.3, -0.25) is 0 Å². The third-order valence-corrected chi connectivity index (χ3v) is 2.34.